The van der Waals surface area contributed by atoms with Gasteiger partial charge in [0.05, 0.1) is 0 Å². The highest BCUT2D eigenvalue weighted by atomic mass is 16.9. The van der Waals surface area contributed by atoms with Crippen molar-refractivity contribution in [1.29, 1.82) is 0 Å². The Hall–Kier alpha value is -0.200. The summed E-state index contributed by atoms with van der Waals surface area (Å²) in [4.78, 5) is 2.02. The Morgan fingerprint density at radius 1 is 1.00 bits per heavy atom. The molecule has 0 unspecified atom stereocenters. The van der Waals surface area contributed by atoms with Crippen molar-refractivity contribution >= 4 is 0 Å². The number of hydrogen-bond donors (Lipinski definition) is 1. The fourth-order valence-corrected chi connectivity index (χ4v) is 1.58. The number of hydrogen-bond acceptors (Lipinski definition) is 5. The quantitative estimate of drug-likeness (QED) is 0.602. The maximum absolute atomic E-state index is 5.23. The third-order valence-corrected chi connectivity index (χ3v) is 2.28. The van der Waals surface area contributed by atoms with Crippen LogP contribution in [0.4, 0.5) is 0 Å². The molecule has 13 heavy (non-hydrogen) atoms. The molecule has 5 heteroatoms. The van der Waals surface area contributed by atoms with Gasteiger partial charge in [-0.3, -0.25) is 0 Å². The van der Waals surface area contributed by atoms with E-state index < -0.39 is 6.10 Å². The van der Waals surface area contributed by atoms with Crippen LogP contribution in [0.5, 0.6) is 0 Å². The summed E-state index contributed by atoms with van der Waals surface area (Å²) in [6, 6.07) is 0. The van der Waals surface area contributed by atoms with Crippen molar-refractivity contribution in [1.82, 2.24) is 10.2 Å². The van der Waals surface area contributed by atoms with Crippen LogP contribution in [0.2, 0.25) is 0 Å². The largest absolute Gasteiger partial charge is 0.352 e. The van der Waals surface area contributed by atoms with E-state index in [9.17, 15) is 0 Å². The second-order valence-electron chi connectivity index (χ2n) is 2.87. The molecule has 1 N–H and O–H groups in total. The Morgan fingerprint density at radius 2 is 1.46 bits per heavy atom. The highest BCUT2D eigenvalue weighted by molar-refractivity contribution is 4.70. The second-order valence-corrected chi connectivity index (χ2v) is 2.87. The number of rotatable bonds is 4. The maximum atomic E-state index is 5.23. The topological polar surface area (TPSA) is 43.0 Å². The highest BCUT2D eigenvalue weighted by Gasteiger charge is 2.38. The second kappa shape index (κ2) is 4.88. The van der Waals surface area contributed by atoms with Crippen molar-refractivity contribution in [2.24, 2.45) is 0 Å². The summed E-state index contributed by atoms with van der Waals surface area (Å²) in [5, 5.41) is 3.25. The highest BCUT2D eigenvalue weighted by Crippen LogP contribution is 2.18. The lowest BCUT2D eigenvalue weighted by Gasteiger charge is -2.40. The molecule has 0 atom stereocenters. The summed E-state index contributed by atoms with van der Waals surface area (Å²) in [7, 11) is 4.74. The van der Waals surface area contributed by atoms with Gasteiger partial charge in [0.25, 0.3) is 0 Å². The summed E-state index contributed by atoms with van der Waals surface area (Å²) < 4.78 is 15.7. The minimum absolute atomic E-state index is 0.857. The summed E-state index contributed by atoms with van der Waals surface area (Å²) in [6.07, 6.45) is -1.01. The van der Waals surface area contributed by atoms with E-state index in [2.05, 4.69) is 5.32 Å². The Kier molecular flexibility index (Phi) is 4.08. The number of ether oxygens (including phenoxy) is 3. The summed E-state index contributed by atoms with van der Waals surface area (Å²) in [6.45, 7) is 3.57. The maximum Gasteiger partial charge on any atom is 0.352 e. The molecule has 1 fully saturated rings. The zero-order chi connectivity index (χ0) is 9.73. The van der Waals surface area contributed by atoms with Gasteiger partial charge in [0.15, 0.2) is 0 Å². The summed E-state index contributed by atoms with van der Waals surface area (Å²) in [5.41, 5.74) is 0. The van der Waals surface area contributed by atoms with Crippen molar-refractivity contribution in [2.45, 2.75) is 6.10 Å². The molecule has 0 amide bonds. The van der Waals surface area contributed by atoms with Crippen molar-refractivity contribution in [3.05, 3.63) is 0 Å². The van der Waals surface area contributed by atoms with E-state index in [0.717, 1.165) is 26.2 Å². The van der Waals surface area contributed by atoms with Crippen LogP contribution >= 0.6 is 0 Å². The lowest BCUT2D eigenvalue weighted by molar-refractivity contribution is -0.424. The monoisotopic (exact) mass is 190 g/mol. The third kappa shape index (κ3) is 2.18. The Balaban J connectivity index is 2.60. The first-order chi connectivity index (χ1) is 6.29. The Morgan fingerprint density at radius 3 is 1.85 bits per heavy atom. The molecule has 1 aliphatic heterocycles. The first-order valence-corrected chi connectivity index (χ1v) is 4.40. The molecule has 1 rings (SSSR count). The van der Waals surface area contributed by atoms with Gasteiger partial charge in [-0.1, -0.05) is 0 Å². The van der Waals surface area contributed by atoms with Gasteiger partial charge in [0.2, 0.25) is 0 Å². The molecule has 78 valence electrons. The molecule has 1 saturated heterocycles. The average Bonchev–Trinajstić information content (AvgIpc) is 2.23. The van der Waals surface area contributed by atoms with E-state index in [0.29, 0.717) is 0 Å². The average molecular weight is 190 g/mol. The van der Waals surface area contributed by atoms with Crippen LogP contribution in [-0.4, -0.2) is 58.5 Å². The molecular weight excluding hydrogens is 172 g/mol. The predicted molar refractivity (Wildman–Crippen MR) is 48.2 cm³/mol. The zero-order valence-electron chi connectivity index (χ0n) is 8.50. The molecule has 5 nitrogen and oxygen atoms in total. The lowest BCUT2D eigenvalue weighted by atomic mass is 10.4. The van der Waals surface area contributed by atoms with E-state index in [-0.39, 0.29) is 0 Å². The number of piperazine rings is 1. The van der Waals surface area contributed by atoms with Crippen molar-refractivity contribution in [3.8, 4) is 0 Å². The molecular formula is C8H18N2O3. The van der Waals surface area contributed by atoms with Gasteiger partial charge in [0, 0.05) is 47.5 Å². The van der Waals surface area contributed by atoms with Gasteiger partial charge in [-0.25, -0.2) is 4.90 Å². The summed E-state index contributed by atoms with van der Waals surface area (Å²) >= 11 is 0. The zero-order valence-corrected chi connectivity index (χ0v) is 8.50. The number of nitrogens with one attached hydrogen (secondary N) is 1. The van der Waals surface area contributed by atoms with Gasteiger partial charge in [-0.05, 0) is 0 Å². The van der Waals surface area contributed by atoms with Crippen molar-refractivity contribution in [2.75, 3.05) is 47.5 Å². The molecule has 0 spiro atoms. The lowest BCUT2D eigenvalue weighted by Crippen LogP contribution is -2.59. The number of methoxy groups -OCH3 is 3. The molecule has 0 aliphatic carbocycles. The normalized spacial score (nSPS) is 20.5. The van der Waals surface area contributed by atoms with E-state index >= 15 is 0 Å². The van der Waals surface area contributed by atoms with Crippen LogP contribution < -0.4 is 5.32 Å². The summed E-state index contributed by atoms with van der Waals surface area (Å²) in [5.74, 6) is 0. The molecule has 0 bridgehead atoms. The Labute approximate surface area is 78.9 Å². The van der Waals surface area contributed by atoms with Crippen LogP contribution in [-0.2, 0) is 14.2 Å². The molecule has 0 aromatic heterocycles. The molecule has 1 heterocycles. The van der Waals surface area contributed by atoms with E-state index in [1.165, 1.54) is 0 Å². The molecule has 0 saturated carbocycles. The fourth-order valence-electron chi connectivity index (χ4n) is 1.58. The molecule has 0 radical (unpaired) electrons. The third-order valence-electron chi connectivity index (χ3n) is 2.28. The van der Waals surface area contributed by atoms with Gasteiger partial charge in [-0.15, -0.1) is 0 Å². The van der Waals surface area contributed by atoms with E-state index in [1.54, 1.807) is 21.3 Å². The van der Waals surface area contributed by atoms with Crippen LogP contribution in [0.15, 0.2) is 0 Å². The SMILES string of the molecule is COC(OC)(OC)N1CCNCC1. The van der Waals surface area contributed by atoms with Gasteiger partial charge in [0.1, 0.15) is 0 Å². The van der Waals surface area contributed by atoms with Crippen LogP contribution in [0, 0.1) is 0 Å². The smallest absolute Gasteiger partial charge is 0.317 e. The fraction of sp³-hybridized carbons (Fsp3) is 1.00. The van der Waals surface area contributed by atoms with Crippen molar-refractivity contribution in [3.63, 3.8) is 0 Å². The van der Waals surface area contributed by atoms with Crippen LogP contribution in [0.1, 0.15) is 0 Å². The van der Waals surface area contributed by atoms with Gasteiger partial charge < -0.3 is 19.5 Å². The molecule has 0 aromatic carbocycles. The first-order valence-electron chi connectivity index (χ1n) is 4.40. The van der Waals surface area contributed by atoms with Gasteiger partial charge >= 0.3 is 6.10 Å². The predicted octanol–water partition coefficient (Wildman–Crippen LogP) is -0.558. The van der Waals surface area contributed by atoms with E-state index in [4.69, 9.17) is 14.2 Å². The minimum atomic E-state index is -1.01. The standard InChI is InChI=1S/C8H18N2O3/c1-11-8(12-2,13-3)10-6-4-9-5-7-10/h9H,4-7H2,1-3H3. The molecule has 0 aromatic rings. The Bertz CT molecular complexity index is 136. The van der Waals surface area contributed by atoms with Crippen molar-refractivity contribution < 1.29 is 14.2 Å². The first kappa shape index (κ1) is 10.9. The van der Waals surface area contributed by atoms with Crippen LogP contribution in [0.25, 0.3) is 0 Å². The minimum Gasteiger partial charge on any atom is -0.317 e. The number of nitrogens with zero attached hydrogens (tertiary/aromatic N) is 1. The van der Waals surface area contributed by atoms with Gasteiger partial charge in [-0.2, -0.15) is 0 Å². The van der Waals surface area contributed by atoms with E-state index in [1.807, 2.05) is 4.90 Å². The van der Waals surface area contributed by atoms with Crippen LogP contribution in [0.3, 0.4) is 0 Å². The molecule has 1 aliphatic rings.